The van der Waals surface area contributed by atoms with Crippen LogP contribution >= 0.6 is 0 Å². The number of benzene rings is 3. The van der Waals surface area contributed by atoms with Crippen molar-refractivity contribution in [2.24, 2.45) is 0 Å². The second-order valence-electron chi connectivity index (χ2n) is 7.86. The number of non-ortho nitro benzene ring substituents is 1. The first kappa shape index (κ1) is 28.8. The molecular formula is C22H15F7N2O6S. The summed E-state index contributed by atoms with van der Waals surface area (Å²) in [4.78, 5) is 10.2. The highest BCUT2D eigenvalue weighted by Crippen LogP contribution is 2.50. The average Bonchev–Trinajstić information content (AvgIpc) is 2.80. The number of hydrogen-bond donors (Lipinski definition) is 2. The monoisotopic (exact) mass is 568 g/mol. The van der Waals surface area contributed by atoms with Crippen LogP contribution in [0.3, 0.4) is 0 Å². The summed E-state index contributed by atoms with van der Waals surface area (Å²) in [6.07, 6.45) is -12.4. The van der Waals surface area contributed by atoms with Gasteiger partial charge in [0.25, 0.3) is 11.3 Å². The summed E-state index contributed by atoms with van der Waals surface area (Å²) < 4.78 is 127. The number of alkyl halides is 6. The van der Waals surface area contributed by atoms with E-state index in [1.807, 2.05) is 0 Å². The maximum Gasteiger partial charge on any atom is 0.430 e. The summed E-state index contributed by atoms with van der Waals surface area (Å²) in [7, 11) is -4.94. The number of nitro groups is 1. The molecule has 0 aromatic heterocycles. The number of anilines is 1. The van der Waals surface area contributed by atoms with Gasteiger partial charge < -0.3 is 5.11 Å². The molecule has 0 radical (unpaired) electrons. The lowest BCUT2D eigenvalue weighted by Gasteiger charge is -2.32. The summed E-state index contributed by atoms with van der Waals surface area (Å²) in [6, 6.07) is 9.79. The van der Waals surface area contributed by atoms with Gasteiger partial charge in [0.15, 0.2) is 0 Å². The first-order valence-electron chi connectivity index (χ1n) is 10.1. The molecule has 0 atom stereocenters. The molecule has 0 bridgehead atoms. The van der Waals surface area contributed by atoms with E-state index in [1.165, 1.54) is 12.1 Å². The van der Waals surface area contributed by atoms with E-state index in [2.05, 4.69) is 0 Å². The quantitative estimate of drug-likeness (QED) is 0.168. The molecule has 0 saturated carbocycles. The minimum Gasteiger partial charge on any atom is -0.369 e. The average molecular weight is 568 g/mol. The van der Waals surface area contributed by atoms with Gasteiger partial charge in [-0.25, -0.2) is 8.70 Å². The molecule has 3 rings (SSSR count). The minimum atomic E-state index is -6.21. The zero-order valence-electron chi connectivity index (χ0n) is 18.5. The Balaban J connectivity index is 1.97. The van der Waals surface area contributed by atoms with Crippen molar-refractivity contribution in [1.82, 2.24) is 0 Å². The first-order valence-corrected chi connectivity index (χ1v) is 11.5. The van der Waals surface area contributed by atoms with Crippen LogP contribution in [0.5, 0.6) is 0 Å². The van der Waals surface area contributed by atoms with Gasteiger partial charge in [-0.1, -0.05) is 36.4 Å². The van der Waals surface area contributed by atoms with Crippen molar-refractivity contribution in [2.75, 3.05) is 4.31 Å². The summed E-state index contributed by atoms with van der Waals surface area (Å²) in [5.74, 6) is -1.55. The van der Waals surface area contributed by atoms with Crippen molar-refractivity contribution in [3.8, 4) is 11.1 Å². The Morgan fingerprint density at radius 3 is 1.95 bits per heavy atom. The van der Waals surface area contributed by atoms with Gasteiger partial charge in [-0.15, -0.1) is 0 Å². The van der Waals surface area contributed by atoms with Crippen molar-refractivity contribution < 1.29 is 53.7 Å². The summed E-state index contributed by atoms with van der Waals surface area (Å²) in [5, 5.41) is 20.4. The maximum atomic E-state index is 14.6. The van der Waals surface area contributed by atoms with Crippen LogP contribution < -0.4 is 4.31 Å². The molecule has 0 aliphatic heterocycles. The van der Waals surface area contributed by atoms with Crippen LogP contribution in [-0.2, 0) is 22.4 Å². The third-order valence-electron chi connectivity index (χ3n) is 5.40. The molecule has 0 heterocycles. The topological polar surface area (TPSA) is 121 Å². The molecule has 0 aliphatic rings. The highest BCUT2D eigenvalue weighted by molar-refractivity contribution is 7.87. The molecule has 3 aromatic rings. The van der Waals surface area contributed by atoms with Gasteiger partial charge in [0.1, 0.15) is 5.82 Å². The van der Waals surface area contributed by atoms with E-state index < -0.39 is 56.7 Å². The molecule has 0 aliphatic carbocycles. The molecule has 38 heavy (non-hydrogen) atoms. The van der Waals surface area contributed by atoms with E-state index in [-0.39, 0.29) is 34.6 Å². The van der Waals surface area contributed by atoms with Crippen LogP contribution in [0, 0.1) is 15.9 Å². The van der Waals surface area contributed by atoms with Gasteiger partial charge in [0, 0.05) is 23.3 Å². The smallest absolute Gasteiger partial charge is 0.369 e. The number of halogens is 7. The van der Waals surface area contributed by atoms with E-state index in [0.29, 0.717) is 10.4 Å². The van der Waals surface area contributed by atoms with Gasteiger partial charge in [-0.3, -0.25) is 14.7 Å². The Morgan fingerprint density at radius 1 is 0.895 bits per heavy atom. The van der Waals surface area contributed by atoms with E-state index >= 15 is 0 Å². The zero-order chi connectivity index (χ0) is 28.7. The molecular weight excluding hydrogens is 553 g/mol. The van der Waals surface area contributed by atoms with Crippen molar-refractivity contribution in [2.45, 2.75) is 24.5 Å². The SMILES string of the molecule is O=[N+]([O-])c1cccc(CN(c2ccc(-c3ccc(C(O)(C(F)(F)F)C(F)(F)F)cc3F)cc2)S(=O)(=O)O)c1. The number of aliphatic hydroxyl groups is 1. The van der Waals surface area contributed by atoms with Gasteiger partial charge in [0.2, 0.25) is 0 Å². The highest BCUT2D eigenvalue weighted by atomic mass is 32.2. The Kier molecular flexibility index (Phi) is 7.46. The third kappa shape index (κ3) is 5.56. The fourth-order valence-electron chi connectivity index (χ4n) is 3.51. The summed E-state index contributed by atoms with van der Waals surface area (Å²) in [6.45, 7) is -0.559. The van der Waals surface area contributed by atoms with E-state index in [4.69, 9.17) is 0 Å². The molecule has 0 fully saturated rings. The lowest BCUT2D eigenvalue weighted by Crippen LogP contribution is -2.53. The van der Waals surface area contributed by atoms with Crippen LogP contribution in [0.4, 0.5) is 42.1 Å². The minimum absolute atomic E-state index is 0.106. The lowest BCUT2D eigenvalue weighted by atomic mass is 9.90. The number of nitrogens with zero attached hydrogens (tertiary/aromatic N) is 2. The molecule has 3 aromatic carbocycles. The largest absolute Gasteiger partial charge is 0.430 e. The Morgan fingerprint density at radius 2 is 1.47 bits per heavy atom. The lowest BCUT2D eigenvalue weighted by molar-refractivity contribution is -0.384. The molecule has 0 spiro atoms. The zero-order valence-corrected chi connectivity index (χ0v) is 19.4. The number of hydrogen-bond acceptors (Lipinski definition) is 5. The third-order valence-corrected chi connectivity index (χ3v) is 6.30. The van der Waals surface area contributed by atoms with Crippen molar-refractivity contribution >= 4 is 21.7 Å². The van der Waals surface area contributed by atoms with Gasteiger partial charge in [-0.05, 0) is 29.3 Å². The van der Waals surface area contributed by atoms with Gasteiger partial charge >= 0.3 is 22.7 Å². The molecule has 0 saturated heterocycles. The second kappa shape index (κ2) is 9.85. The summed E-state index contributed by atoms with van der Waals surface area (Å²) >= 11 is 0. The van der Waals surface area contributed by atoms with E-state index in [0.717, 1.165) is 36.4 Å². The van der Waals surface area contributed by atoms with Crippen LogP contribution in [0.1, 0.15) is 11.1 Å². The Hall–Kier alpha value is -3.76. The number of nitro benzene ring substituents is 1. The Labute approximate surface area is 209 Å². The predicted molar refractivity (Wildman–Crippen MR) is 119 cm³/mol. The van der Waals surface area contributed by atoms with Crippen molar-refractivity contribution in [3.05, 3.63) is 93.8 Å². The van der Waals surface area contributed by atoms with Crippen LogP contribution in [0.2, 0.25) is 0 Å². The molecule has 16 heteroatoms. The van der Waals surface area contributed by atoms with Crippen molar-refractivity contribution in [1.29, 1.82) is 0 Å². The first-order chi connectivity index (χ1) is 17.4. The normalized spacial score (nSPS) is 12.9. The van der Waals surface area contributed by atoms with Gasteiger partial charge in [-0.2, -0.15) is 34.8 Å². The summed E-state index contributed by atoms with van der Waals surface area (Å²) in [5.41, 5.74) is -8.16. The van der Waals surface area contributed by atoms with Crippen molar-refractivity contribution in [3.63, 3.8) is 0 Å². The maximum absolute atomic E-state index is 14.6. The number of rotatable bonds is 7. The fourth-order valence-corrected chi connectivity index (χ4v) is 4.21. The fraction of sp³-hybridized carbons (Fsp3) is 0.182. The molecule has 0 unspecified atom stereocenters. The van der Waals surface area contributed by atoms with Crippen LogP contribution in [-0.4, -0.2) is 35.4 Å². The molecule has 2 N–H and O–H groups in total. The van der Waals surface area contributed by atoms with Gasteiger partial charge in [0.05, 0.1) is 17.2 Å². The molecule has 8 nitrogen and oxygen atoms in total. The van der Waals surface area contributed by atoms with Crippen LogP contribution in [0.25, 0.3) is 11.1 Å². The van der Waals surface area contributed by atoms with E-state index in [1.54, 1.807) is 0 Å². The second-order valence-corrected chi connectivity index (χ2v) is 9.20. The van der Waals surface area contributed by atoms with Crippen LogP contribution in [0.15, 0.2) is 66.7 Å². The Bertz CT molecular complexity index is 1440. The standard InChI is InChI=1S/C22H15F7N2O6S/c23-19-11-15(20(32,21(24,25)26)22(27,28)29)6-9-18(19)14-4-7-16(8-5-14)30(38(35,36)37)12-13-2-1-3-17(10-13)31(33)34/h1-11,32H,12H2,(H,35,36,37). The molecule has 0 amide bonds. The predicted octanol–water partition coefficient (Wildman–Crippen LogP) is 5.52. The molecule has 204 valence electrons. The highest BCUT2D eigenvalue weighted by Gasteiger charge is 2.71. The van der Waals surface area contributed by atoms with E-state index in [9.17, 15) is 58.9 Å².